The Morgan fingerprint density at radius 3 is 2.68 bits per heavy atom. The second-order valence-corrected chi connectivity index (χ2v) is 5.39. The largest absolute Gasteiger partial charge is 0.377 e. The molecule has 0 saturated heterocycles. The van der Waals surface area contributed by atoms with Gasteiger partial charge in [-0.25, -0.2) is 4.39 Å². The second kappa shape index (κ2) is 8.67. The zero-order valence-electron chi connectivity index (χ0n) is 11.9. The number of halogens is 2. The summed E-state index contributed by atoms with van der Waals surface area (Å²) in [6.45, 7) is 4.86. The predicted molar refractivity (Wildman–Crippen MR) is 81.0 cm³/mol. The van der Waals surface area contributed by atoms with Gasteiger partial charge in [0.15, 0.2) is 0 Å². The van der Waals surface area contributed by atoms with Gasteiger partial charge in [0.1, 0.15) is 5.82 Å². The normalized spacial score (nSPS) is 14.4. The van der Waals surface area contributed by atoms with E-state index in [0.29, 0.717) is 11.1 Å². The predicted octanol–water partition coefficient (Wildman–Crippen LogP) is 3.92. The van der Waals surface area contributed by atoms with Crippen molar-refractivity contribution >= 4 is 15.9 Å². The molecule has 2 unspecified atom stereocenters. The quantitative estimate of drug-likeness (QED) is 0.779. The minimum atomic E-state index is -0.212. The van der Waals surface area contributed by atoms with Gasteiger partial charge in [0.25, 0.3) is 0 Å². The van der Waals surface area contributed by atoms with Crippen molar-refractivity contribution in [3.05, 3.63) is 34.1 Å². The minimum Gasteiger partial charge on any atom is -0.377 e. The molecule has 0 radical (unpaired) electrons. The Hall–Kier alpha value is -0.450. The van der Waals surface area contributed by atoms with Crippen LogP contribution in [0.15, 0.2) is 22.7 Å². The fourth-order valence-electron chi connectivity index (χ4n) is 2.26. The number of rotatable bonds is 8. The Morgan fingerprint density at radius 1 is 1.37 bits per heavy atom. The third-order valence-corrected chi connectivity index (χ3v) is 4.13. The molecule has 2 nitrogen and oxygen atoms in total. The zero-order chi connectivity index (χ0) is 14.3. The monoisotopic (exact) mass is 331 g/mol. The van der Waals surface area contributed by atoms with Gasteiger partial charge < -0.3 is 10.1 Å². The molecular weight excluding hydrogens is 309 g/mol. The maximum atomic E-state index is 13.5. The van der Waals surface area contributed by atoms with E-state index in [1.807, 2.05) is 20.0 Å². The fraction of sp³-hybridized carbons (Fsp3) is 0.600. The molecule has 0 amide bonds. The summed E-state index contributed by atoms with van der Waals surface area (Å²) in [5.74, 6) is -0.212. The number of nitrogens with one attached hydrogen (secondary N) is 1. The lowest BCUT2D eigenvalue weighted by Crippen LogP contribution is -2.41. The molecule has 19 heavy (non-hydrogen) atoms. The number of ether oxygens (including phenoxy) is 1. The zero-order valence-corrected chi connectivity index (χ0v) is 13.5. The van der Waals surface area contributed by atoms with Crippen LogP contribution in [-0.2, 0) is 11.2 Å². The molecule has 1 aromatic rings. The molecule has 2 atom stereocenters. The van der Waals surface area contributed by atoms with E-state index in [2.05, 4.69) is 28.2 Å². The fourth-order valence-corrected chi connectivity index (χ4v) is 2.69. The van der Waals surface area contributed by atoms with Gasteiger partial charge in [-0.05, 0) is 54.4 Å². The Balaban J connectivity index is 2.82. The molecular formula is C15H23BrFNO. The summed E-state index contributed by atoms with van der Waals surface area (Å²) >= 11 is 3.32. The van der Waals surface area contributed by atoms with Crippen LogP contribution in [0.3, 0.4) is 0 Å². The van der Waals surface area contributed by atoms with Crippen LogP contribution < -0.4 is 5.32 Å². The van der Waals surface area contributed by atoms with Crippen LogP contribution in [0, 0.1) is 5.82 Å². The molecule has 108 valence electrons. The summed E-state index contributed by atoms with van der Waals surface area (Å²) in [5, 5.41) is 3.30. The summed E-state index contributed by atoms with van der Waals surface area (Å²) in [6.07, 6.45) is 2.99. The smallest absolute Gasteiger partial charge is 0.137 e. The van der Waals surface area contributed by atoms with Crippen molar-refractivity contribution in [2.75, 3.05) is 13.7 Å². The minimum absolute atomic E-state index is 0.162. The van der Waals surface area contributed by atoms with Crippen LogP contribution in [0.4, 0.5) is 4.39 Å². The first-order chi connectivity index (χ1) is 9.13. The van der Waals surface area contributed by atoms with Crippen molar-refractivity contribution in [3.8, 4) is 0 Å². The van der Waals surface area contributed by atoms with Crippen molar-refractivity contribution in [2.45, 2.75) is 45.3 Å². The highest BCUT2D eigenvalue weighted by Crippen LogP contribution is 2.23. The Kier molecular flexibility index (Phi) is 7.57. The van der Waals surface area contributed by atoms with Crippen molar-refractivity contribution in [1.29, 1.82) is 0 Å². The molecule has 4 heteroatoms. The maximum Gasteiger partial charge on any atom is 0.137 e. The van der Waals surface area contributed by atoms with E-state index in [0.717, 1.165) is 24.8 Å². The van der Waals surface area contributed by atoms with Crippen LogP contribution in [0.2, 0.25) is 0 Å². The molecule has 0 heterocycles. The first-order valence-corrected chi connectivity index (χ1v) is 7.65. The van der Waals surface area contributed by atoms with Crippen LogP contribution in [-0.4, -0.2) is 25.8 Å². The highest BCUT2D eigenvalue weighted by Gasteiger charge is 2.21. The van der Waals surface area contributed by atoms with Crippen LogP contribution in [0.25, 0.3) is 0 Å². The highest BCUT2D eigenvalue weighted by atomic mass is 79.9. The van der Waals surface area contributed by atoms with Crippen LogP contribution in [0.1, 0.15) is 32.3 Å². The van der Waals surface area contributed by atoms with E-state index in [1.54, 1.807) is 6.07 Å². The molecule has 0 aliphatic heterocycles. The Labute approximate surface area is 123 Å². The van der Waals surface area contributed by atoms with Gasteiger partial charge in [0.05, 0.1) is 10.6 Å². The SMILES string of the molecule is CCCC(OCC)C(Cc1cccc(F)c1Br)NC. The summed E-state index contributed by atoms with van der Waals surface area (Å²) in [5.41, 5.74) is 0.972. The maximum absolute atomic E-state index is 13.5. The van der Waals surface area contributed by atoms with E-state index in [-0.39, 0.29) is 18.0 Å². The van der Waals surface area contributed by atoms with Gasteiger partial charge >= 0.3 is 0 Å². The van der Waals surface area contributed by atoms with Crippen LogP contribution in [0.5, 0.6) is 0 Å². The third-order valence-electron chi connectivity index (χ3n) is 3.24. The summed E-state index contributed by atoms with van der Waals surface area (Å²) < 4.78 is 19.9. The van der Waals surface area contributed by atoms with Crippen LogP contribution >= 0.6 is 15.9 Å². The summed E-state index contributed by atoms with van der Waals surface area (Å²) in [6, 6.07) is 5.36. The Morgan fingerprint density at radius 2 is 2.11 bits per heavy atom. The van der Waals surface area contributed by atoms with E-state index >= 15 is 0 Å². The van der Waals surface area contributed by atoms with Crippen molar-refractivity contribution < 1.29 is 9.13 Å². The third kappa shape index (κ3) is 4.86. The molecule has 0 saturated carbocycles. The van der Waals surface area contributed by atoms with Crippen molar-refractivity contribution in [3.63, 3.8) is 0 Å². The van der Waals surface area contributed by atoms with E-state index < -0.39 is 0 Å². The van der Waals surface area contributed by atoms with Gasteiger partial charge in [-0.1, -0.05) is 25.5 Å². The average molecular weight is 332 g/mol. The number of benzene rings is 1. The molecule has 0 bridgehead atoms. The molecule has 1 aromatic carbocycles. The first kappa shape index (κ1) is 16.6. The molecule has 0 aliphatic rings. The van der Waals surface area contributed by atoms with Gasteiger partial charge in [0.2, 0.25) is 0 Å². The standard InChI is InChI=1S/C15H23BrFNO/c1-4-7-14(19-5-2)13(18-3)10-11-8-6-9-12(17)15(11)16/h6,8-9,13-14,18H,4-5,7,10H2,1-3H3. The lowest BCUT2D eigenvalue weighted by atomic mass is 9.98. The summed E-state index contributed by atoms with van der Waals surface area (Å²) in [7, 11) is 1.93. The molecule has 0 fully saturated rings. The van der Waals surface area contributed by atoms with Gasteiger partial charge in [-0.15, -0.1) is 0 Å². The van der Waals surface area contributed by atoms with E-state index in [4.69, 9.17) is 4.74 Å². The van der Waals surface area contributed by atoms with Gasteiger partial charge in [-0.3, -0.25) is 0 Å². The highest BCUT2D eigenvalue weighted by molar-refractivity contribution is 9.10. The average Bonchev–Trinajstić information content (AvgIpc) is 2.40. The molecule has 1 rings (SSSR count). The lowest BCUT2D eigenvalue weighted by Gasteiger charge is -2.27. The molecule has 1 N–H and O–H groups in total. The van der Waals surface area contributed by atoms with Crippen molar-refractivity contribution in [2.24, 2.45) is 0 Å². The van der Waals surface area contributed by atoms with Crippen molar-refractivity contribution in [1.82, 2.24) is 5.32 Å². The summed E-state index contributed by atoms with van der Waals surface area (Å²) in [4.78, 5) is 0. The van der Waals surface area contributed by atoms with E-state index in [1.165, 1.54) is 6.07 Å². The Bertz CT molecular complexity index is 380. The number of hydrogen-bond donors (Lipinski definition) is 1. The first-order valence-electron chi connectivity index (χ1n) is 6.85. The number of hydrogen-bond acceptors (Lipinski definition) is 2. The van der Waals surface area contributed by atoms with E-state index in [9.17, 15) is 4.39 Å². The second-order valence-electron chi connectivity index (χ2n) is 4.59. The van der Waals surface area contributed by atoms with Gasteiger partial charge in [-0.2, -0.15) is 0 Å². The number of likely N-dealkylation sites (N-methyl/N-ethyl adjacent to an activating group) is 1. The molecule has 0 spiro atoms. The van der Waals surface area contributed by atoms with Gasteiger partial charge in [0, 0.05) is 12.6 Å². The lowest BCUT2D eigenvalue weighted by molar-refractivity contribution is 0.0300. The topological polar surface area (TPSA) is 21.3 Å². The molecule has 0 aromatic heterocycles. The molecule has 0 aliphatic carbocycles.